The molecule has 0 amide bonds. The van der Waals surface area contributed by atoms with Gasteiger partial charge in [0.2, 0.25) is 0 Å². The fourth-order valence-electron chi connectivity index (χ4n) is 1.85. The van der Waals surface area contributed by atoms with E-state index in [0.29, 0.717) is 16.5 Å². The second kappa shape index (κ2) is 5.14. The van der Waals surface area contributed by atoms with Crippen molar-refractivity contribution in [2.45, 2.75) is 26.5 Å². The van der Waals surface area contributed by atoms with Crippen molar-refractivity contribution in [3.63, 3.8) is 0 Å². The zero-order chi connectivity index (χ0) is 12.4. The Hall–Kier alpha value is -0.940. The van der Waals surface area contributed by atoms with Crippen molar-refractivity contribution in [2.75, 3.05) is 6.61 Å². The van der Waals surface area contributed by atoms with Crippen LogP contribution >= 0.6 is 15.9 Å². The van der Waals surface area contributed by atoms with E-state index in [1.165, 1.54) is 6.07 Å². The van der Waals surface area contributed by atoms with Crippen molar-refractivity contribution in [1.29, 1.82) is 0 Å². The molecule has 0 aliphatic heterocycles. The number of aromatic nitrogens is 2. The minimum absolute atomic E-state index is 0.147. The van der Waals surface area contributed by atoms with Crippen molar-refractivity contribution in [3.8, 4) is 0 Å². The van der Waals surface area contributed by atoms with Crippen molar-refractivity contribution in [3.05, 3.63) is 28.6 Å². The van der Waals surface area contributed by atoms with Crippen LogP contribution in [0.4, 0.5) is 4.39 Å². The summed E-state index contributed by atoms with van der Waals surface area (Å²) in [6, 6.07) is 3.29. The molecule has 2 aromatic rings. The minimum Gasteiger partial charge on any atom is -0.357 e. The summed E-state index contributed by atoms with van der Waals surface area (Å²) in [5.74, 6) is -0.271. The van der Waals surface area contributed by atoms with Crippen molar-refractivity contribution in [1.82, 2.24) is 9.78 Å². The summed E-state index contributed by atoms with van der Waals surface area (Å²) >= 11 is 3.29. The van der Waals surface area contributed by atoms with E-state index in [0.717, 1.165) is 11.9 Å². The Labute approximate surface area is 108 Å². The molecule has 0 aliphatic rings. The number of benzene rings is 1. The zero-order valence-corrected chi connectivity index (χ0v) is 11.4. The van der Waals surface area contributed by atoms with Gasteiger partial charge in [0.15, 0.2) is 6.23 Å². The third kappa shape index (κ3) is 2.35. The maximum absolute atomic E-state index is 13.7. The Kier molecular flexibility index (Phi) is 3.79. The van der Waals surface area contributed by atoms with Gasteiger partial charge >= 0.3 is 0 Å². The van der Waals surface area contributed by atoms with Gasteiger partial charge in [0, 0.05) is 11.1 Å². The summed E-state index contributed by atoms with van der Waals surface area (Å²) in [5.41, 5.74) is 0.747. The molecular weight excluding hydrogens is 287 g/mol. The molecule has 0 radical (unpaired) electrons. The Morgan fingerprint density at radius 2 is 2.24 bits per heavy atom. The monoisotopic (exact) mass is 300 g/mol. The molecule has 0 bridgehead atoms. The lowest BCUT2D eigenvalue weighted by atomic mass is 10.2. The van der Waals surface area contributed by atoms with Crippen LogP contribution in [0.15, 0.2) is 22.8 Å². The molecule has 0 spiro atoms. The molecule has 2 rings (SSSR count). The molecule has 17 heavy (non-hydrogen) atoms. The van der Waals surface area contributed by atoms with Crippen LogP contribution in [-0.2, 0) is 4.74 Å². The lowest BCUT2D eigenvalue weighted by Gasteiger charge is -2.16. The van der Waals surface area contributed by atoms with Crippen LogP contribution in [0.3, 0.4) is 0 Å². The molecule has 0 saturated carbocycles. The quantitative estimate of drug-likeness (QED) is 0.857. The van der Waals surface area contributed by atoms with E-state index in [9.17, 15) is 4.39 Å². The molecule has 1 heterocycles. The topological polar surface area (TPSA) is 27.1 Å². The van der Waals surface area contributed by atoms with Crippen LogP contribution in [0.25, 0.3) is 10.9 Å². The summed E-state index contributed by atoms with van der Waals surface area (Å²) in [7, 11) is 0. The van der Waals surface area contributed by atoms with Crippen molar-refractivity contribution in [2.24, 2.45) is 0 Å². The Morgan fingerprint density at radius 3 is 2.88 bits per heavy atom. The Bertz CT molecular complexity index is 526. The standard InChI is InChI=1S/C12H14BrFN2O/c1-3-12(17-4-2)16-11-6-8(13)5-10(14)9(11)7-15-16/h5-7,12H,3-4H2,1-2H3. The molecule has 0 saturated heterocycles. The predicted octanol–water partition coefficient (Wildman–Crippen LogP) is 3.88. The summed E-state index contributed by atoms with van der Waals surface area (Å²) < 4.78 is 21.7. The van der Waals surface area contributed by atoms with Gasteiger partial charge < -0.3 is 4.74 Å². The van der Waals surface area contributed by atoms with E-state index in [4.69, 9.17) is 4.74 Å². The van der Waals surface area contributed by atoms with E-state index in [2.05, 4.69) is 21.0 Å². The number of ether oxygens (including phenoxy) is 1. The van der Waals surface area contributed by atoms with Crippen LogP contribution in [0.1, 0.15) is 26.5 Å². The number of fused-ring (bicyclic) bond motifs is 1. The van der Waals surface area contributed by atoms with Gasteiger partial charge in [0.1, 0.15) is 5.82 Å². The third-order valence-electron chi connectivity index (χ3n) is 2.61. The Balaban J connectivity index is 2.54. The highest BCUT2D eigenvalue weighted by molar-refractivity contribution is 9.10. The highest BCUT2D eigenvalue weighted by atomic mass is 79.9. The normalized spacial score (nSPS) is 13.2. The molecule has 92 valence electrons. The second-order valence-electron chi connectivity index (χ2n) is 3.73. The molecule has 0 aliphatic carbocycles. The van der Waals surface area contributed by atoms with Crippen LogP contribution < -0.4 is 0 Å². The number of halogens is 2. The maximum Gasteiger partial charge on any atom is 0.150 e. The molecule has 3 nitrogen and oxygen atoms in total. The highest BCUT2D eigenvalue weighted by Gasteiger charge is 2.15. The number of rotatable bonds is 4. The molecule has 5 heteroatoms. The van der Waals surface area contributed by atoms with Gasteiger partial charge in [-0.1, -0.05) is 22.9 Å². The minimum atomic E-state index is -0.271. The zero-order valence-electron chi connectivity index (χ0n) is 9.78. The van der Waals surface area contributed by atoms with Crippen LogP contribution in [0.2, 0.25) is 0 Å². The van der Waals surface area contributed by atoms with Gasteiger partial charge in [-0.3, -0.25) is 0 Å². The van der Waals surface area contributed by atoms with E-state index in [1.807, 2.05) is 19.9 Å². The van der Waals surface area contributed by atoms with Gasteiger partial charge in [0.05, 0.1) is 17.1 Å². The molecule has 0 N–H and O–H groups in total. The lowest BCUT2D eigenvalue weighted by Crippen LogP contribution is -2.13. The fraction of sp³-hybridized carbons (Fsp3) is 0.417. The van der Waals surface area contributed by atoms with Crippen molar-refractivity contribution >= 4 is 26.8 Å². The molecule has 1 aromatic carbocycles. The first kappa shape index (κ1) is 12.5. The largest absolute Gasteiger partial charge is 0.357 e. The van der Waals surface area contributed by atoms with Gasteiger partial charge in [-0.05, 0) is 25.5 Å². The second-order valence-corrected chi connectivity index (χ2v) is 4.64. The van der Waals surface area contributed by atoms with Gasteiger partial charge in [-0.2, -0.15) is 5.10 Å². The average Bonchev–Trinajstić information content (AvgIpc) is 2.69. The number of nitrogens with zero attached hydrogens (tertiary/aromatic N) is 2. The summed E-state index contributed by atoms with van der Waals surface area (Å²) in [6.45, 7) is 4.56. The SMILES string of the molecule is CCOC(CC)n1ncc2c(F)cc(Br)cc21. The highest BCUT2D eigenvalue weighted by Crippen LogP contribution is 2.26. The van der Waals surface area contributed by atoms with E-state index >= 15 is 0 Å². The average molecular weight is 301 g/mol. The van der Waals surface area contributed by atoms with E-state index in [1.54, 1.807) is 10.9 Å². The van der Waals surface area contributed by atoms with Crippen LogP contribution in [0.5, 0.6) is 0 Å². The molecule has 1 aromatic heterocycles. The van der Waals surface area contributed by atoms with Gasteiger partial charge in [-0.15, -0.1) is 0 Å². The predicted molar refractivity (Wildman–Crippen MR) is 68.3 cm³/mol. The van der Waals surface area contributed by atoms with E-state index < -0.39 is 0 Å². The van der Waals surface area contributed by atoms with Crippen LogP contribution in [0, 0.1) is 5.82 Å². The maximum atomic E-state index is 13.7. The first-order valence-corrected chi connectivity index (χ1v) is 6.40. The van der Waals surface area contributed by atoms with E-state index in [-0.39, 0.29) is 12.0 Å². The molecular formula is C12H14BrFN2O. The van der Waals surface area contributed by atoms with Gasteiger partial charge in [-0.25, -0.2) is 9.07 Å². The number of hydrogen-bond donors (Lipinski definition) is 0. The first-order chi connectivity index (χ1) is 8.17. The molecule has 1 atom stereocenters. The van der Waals surface area contributed by atoms with Crippen molar-refractivity contribution < 1.29 is 9.13 Å². The fourth-order valence-corrected chi connectivity index (χ4v) is 2.27. The van der Waals surface area contributed by atoms with Gasteiger partial charge in [0.25, 0.3) is 0 Å². The Morgan fingerprint density at radius 1 is 1.47 bits per heavy atom. The third-order valence-corrected chi connectivity index (χ3v) is 3.07. The lowest BCUT2D eigenvalue weighted by molar-refractivity contribution is 0.00217. The number of hydrogen-bond acceptors (Lipinski definition) is 2. The summed E-state index contributed by atoms with van der Waals surface area (Å²) in [4.78, 5) is 0. The van der Waals surface area contributed by atoms with Crippen LogP contribution in [-0.4, -0.2) is 16.4 Å². The summed E-state index contributed by atoms with van der Waals surface area (Å²) in [5, 5.41) is 4.74. The smallest absolute Gasteiger partial charge is 0.150 e. The summed E-state index contributed by atoms with van der Waals surface area (Å²) in [6.07, 6.45) is 2.18. The molecule has 1 unspecified atom stereocenters. The first-order valence-electron chi connectivity index (χ1n) is 5.61. The molecule has 0 fully saturated rings.